The standard InChI is InChI=1S/C16H21N5OS/c22-15(13-1-5-18-19-13)21-8-3-16(4-9-21)2-7-20(12-16)11-14-17-6-10-23-14/h1,5-6,10H,2-4,7-9,11-12H2,(H,18,19). The van der Waals surface area contributed by atoms with Gasteiger partial charge in [0.2, 0.25) is 0 Å². The van der Waals surface area contributed by atoms with Gasteiger partial charge < -0.3 is 4.90 Å². The number of aromatic nitrogens is 3. The Morgan fingerprint density at radius 2 is 2.09 bits per heavy atom. The molecule has 4 rings (SSSR count). The van der Waals surface area contributed by atoms with Gasteiger partial charge in [-0.05, 0) is 37.3 Å². The van der Waals surface area contributed by atoms with Crippen molar-refractivity contribution < 1.29 is 4.79 Å². The summed E-state index contributed by atoms with van der Waals surface area (Å²) in [5.41, 5.74) is 0.986. The number of H-pyrrole nitrogens is 1. The van der Waals surface area contributed by atoms with Gasteiger partial charge >= 0.3 is 0 Å². The second-order valence-electron chi connectivity index (χ2n) is 6.65. The lowest BCUT2D eigenvalue weighted by Crippen LogP contribution is -2.44. The predicted octanol–water partition coefficient (Wildman–Crippen LogP) is 1.99. The average Bonchev–Trinajstić information content (AvgIpc) is 3.31. The number of carbonyl (C=O) groups excluding carboxylic acids is 1. The predicted molar refractivity (Wildman–Crippen MR) is 88.2 cm³/mol. The Bertz CT molecular complexity index is 646. The highest BCUT2D eigenvalue weighted by molar-refractivity contribution is 7.09. The molecule has 2 saturated heterocycles. The molecule has 2 aliphatic heterocycles. The molecule has 4 heterocycles. The zero-order chi connectivity index (χ0) is 15.7. The minimum absolute atomic E-state index is 0.0787. The third-order valence-electron chi connectivity index (χ3n) is 5.20. The Labute approximate surface area is 139 Å². The number of likely N-dealkylation sites (tertiary alicyclic amines) is 2. The van der Waals surface area contributed by atoms with Crippen molar-refractivity contribution in [3.63, 3.8) is 0 Å². The highest BCUT2D eigenvalue weighted by Gasteiger charge is 2.41. The maximum atomic E-state index is 12.4. The van der Waals surface area contributed by atoms with Crippen LogP contribution in [0.2, 0.25) is 0 Å². The largest absolute Gasteiger partial charge is 0.337 e. The summed E-state index contributed by atoms with van der Waals surface area (Å²) in [5, 5.41) is 9.89. The van der Waals surface area contributed by atoms with Crippen LogP contribution in [0, 0.1) is 5.41 Å². The first-order chi connectivity index (χ1) is 11.2. The molecule has 0 aliphatic carbocycles. The van der Waals surface area contributed by atoms with Crippen molar-refractivity contribution in [3.05, 3.63) is 34.5 Å². The molecule has 1 spiro atoms. The molecule has 1 amide bonds. The molecule has 0 atom stereocenters. The van der Waals surface area contributed by atoms with Crippen LogP contribution in [0.3, 0.4) is 0 Å². The normalized spacial score (nSPS) is 21.1. The fourth-order valence-corrected chi connectivity index (χ4v) is 4.48. The highest BCUT2D eigenvalue weighted by atomic mass is 32.1. The third kappa shape index (κ3) is 3.03. The first kappa shape index (κ1) is 14.8. The third-order valence-corrected chi connectivity index (χ3v) is 5.97. The number of aromatic amines is 1. The molecule has 0 radical (unpaired) electrons. The molecular weight excluding hydrogens is 310 g/mol. The number of carbonyl (C=O) groups is 1. The van der Waals surface area contributed by atoms with Gasteiger partial charge in [0.05, 0.1) is 6.54 Å². The zero-order valence-corrected chi connectivity index (χ0v) is 13.9. The number of rotatable bonds is 3. The Morgan fingerprint density at radius 1 is 1.26 bits per heavy atom. The number of hydrogen-bond acceptors (Lipinski definition) is 5. The minimum Gasteiger partial charge on any atom is -0.337 e. The van der Waals surface area contributed by atoms with E-state index in [0.29, 0.717) is 11.1 Å². The molecule has 2 aliphatic rings. The van der Waals surface area contributed by atoms with E-state index in [1.165, 1.54) is 11.4 Å². The molecule has 23 heavy (non-hydrogen) atoms. The van der Waals surface area contributed by atoms with E-state index < -0.39 is 0 Å². The van der Waals surface area contributed by atoms with E-state index >= 15 is 0 Å². The lowest BCUT2D eigenvalue weighted by atomic mass is 9.77. The van der Waals surface area contributed by atoms with Crippen molar-refractivity contribution in [2.24, 2.45) is 5.41 Å². The van der Waals surface area contributed by atoms with Crippen molar-refractivity contribution in [3.8, 4) is 0 Å². The zero-order valence-electron chi connectivity index (χ0n) is 13.1. The van der Waals surface area contributed by atoms with E-state index in [-0.39, 0.29) is 5.91 Å². The van der Waals surface area contributed by atoms with Gasteiger partial charge in [0, 0.05) is 37.4 Å². The van der Waals surface area contributed by atoms with Crippen LogP contribution in [0.4, 0.5) is 0 Å². The summed E-state index contributed by atoms with van der Waals surface area (Å²) < 4.78 is 0. The average molecular weight is 331 g/mol. The van der Waals surface area contributed by atoms with Gasteiger partial charge in [0.15, 0.2) is 0 Å². The smallest absolute Gasteiger partial charge is 0.271 e. The number of nitrogens with one attached hydrogen (secondary N) is 1. The lowest BCUT2D eigenvalue weighted by molar-refractivity contribution is 0.0582. The van der Waals surface area contributed by atoms with Gasteiger partial charge in [-0.3, -0.25) is 14.8 Å². The SMILES string of the molecule is O=C(c1ccn[nH]1)N1CCC2(CCN(Cc3nccs3)C2)CC1. The van der Waals surface area contributed by atoms with Crippen LogP contribution in [-0.2, 0) is 6.54 Å². The summed E-state index contributed by atoms with van der Waals surface area (Å²) >= 11 is 1.73. The van der Waals surface area contributed by atoms with Crippen molar-refractivity contribution in [2.75, 3.05) is 26.2 Å². The number of nitrogens with zero attached hydrogens (tertiary/aromatic N) is 4. The van der Waals surface area contributed by atoms with Gasteiger partial charge in [0.1, 0.15) is 10.7 Å². The summed E-state index contributed by atoms with van der Waals surface area (Å²) in [6, 6.07) is 1.75. The second-order valence-corrected chi connectivity index (χ2v) is 7.63. The summed E-state index contributed by atoms with van der Waals surface area (Å²) in [5.74, 6) is 0.0787. The summed E-state index contributed by atoms with van der Waals surface area (Å²) in [4.78, 5) is 21.2. The molecule has 2 aromatic heterocycles. The van der Waals surface area contributed by atoms with E-state index in [4.69, 9.17) is 0 Å². The fourth-order valence-electron chi connectivity index (χ4n) is 3.82. The van der Waals surface area contributed by atoms with Crippen LogP contribution >= 0.6 is 11.3 Å². The highest BCUT2D eigenvalue weighted by Crippen LogP contribution is 2.41. The molecular formula is C16H21N5OS. The Hall–Kier alpha value is -1.73. The van der Waals surface area contributed by atoms with Crippen LogP contribution in [-0.4, -0.2) is 57.1 Å². The van der Waals surface area contributed by atoms with Crippen LogP contribution in [0.1, 0.15) is 34.8 Å². The summed E-state index contributed by atoms with van der Waals surface area (Å²) in [7, 11) is 0. The quantitative estimate of drug-likeness (QED) is 0.934. The van der Waals surface area contributed by atoms with E-state index in [2.05, 4.69) is 20.1 Å². The first-order valence-electron chi connectivity index (χ1n) is 8.14. The van der Waals surface area contributed by atoms with Gasteiger partial charge in [-0.2, -0.15) is 5.10 Å². The number of hydrogen-bond donors (Lipinski definition) is 1. The van der Waals surface area contributed by atoms with Crippen molar-refractivity contribution in [1.82, 2.24) is 25.0 Å². The van der Waals surface area contributed by atoms with Crippen LogP contribution in [0.25, 0.3) is 0 Å². The van der Waals surface area contributed by atoms with E-state index in [0.717, 1.165) is 45.6 Å². The maximum absolute atomic E-state index is 12.4. The van der Waals surface area contributed by atoms with Crippen LogP contribution < -0.4 is 0 Å². The molecule has 1 N–H and O–H groups in total. The molecule has 2 fully saturated rings. The molecule has 0 saturated carbocycles. The summed E-state index contributed by atoms with van der Waals surface area (Å²) in [6.45, 7) is 4.95. The topological polar surface area (TPSA) is 65.1 Å². The molecule has 2 aromatic rings. The van der Waals surface area contributed by atoms with Gasteiger partial charge in [-0.1, -0.05) is 0 Å². The van der Waals surface area contributed by atoms with Crippen LogP contribution in [0.5, 0.6) is 0 Å². The Morgan fingerprint density at radius 3 is 2.78 bits per heavy atom. The first-order valence-corrected chi connectivity index (χ1v) is 9.02. The number of piperidine rings is 1. The molecule has 0 bridgehead atoms. The molecule has 122 valence electrons. The molecule has 7 heteroatoms. The Kier molecular flexibility index (Phi) is 3.90. The summed E-state index contributed by atoms with van der Waals surface area (Å²) in [6.07, 6.45) is 6.95. The molecule has 0 unspecified atom stereocenters. The van der Waals surface area contributed by atoms with Crippen molar-refractivity contribution >= 4 is 17.2 Å². The molecule has 0 aromatic carbocycles. The van der Waals surface area contributed by atoms with Gasteiger partial charge in [-0.15, -0.1) is 11.3 Å². The Balaban J connectivity index is 1.33. The van der Waals surface area contributed by atoms with E-state index in [1.54, 1.807) is 23.6 Å². The number of amides is 1. The number of thiazole rings is 1. The molecule has 6 nitrogen and oxygen atoms in total. The van der Waals surface area contributed by atoms with E-state index in [1.807, 2.05) is 16.5 Å². The fraction of sp³-hybridized carbons (Fsp3) is 0.562. The van der Waals surface area contributed by atoms with Gasteiger partial charge in [-0.25, -0.2) is 4.98 Å². The van der Waals surface area contributed by atoms with E-state index in [9.17, 15) is 4.79 Å². The van der Waals surface area contributed by atoms with Crippen molar-refractivity contribution in [2.45, 2.75) is 25.8 Å². The maximum Gasteiger partial charge on any atom is 0.271 e. The lowest BCUT2D eigenvalue weighted by Gasteiger charge is -2.39. The van der Waals surface area contributed by atoms with Crippen molar-refractivity contribution in [1.29, 1.82) is 0 Å². The van der Waals surface area contributed by atoms with Crippen LogP contribution in [0.15, 0.2) is 23.8 Å². The second kappa shape index (κ2) is 6.05. The monoisotopic (exact) mass is 331 g/mol. The minimum atomic E-state index is 0.0787. The van der Waals surface area contributed by atoms with Gasteiger partial charge in [0.25, 0.3) is 5.91 Å².